The van der Waals surface area contributed by atoms with Crippen molar-refractivity contribution < 1.29 is 9.53 Å². The molecule has 1 rings (SSSR count). The number of hydrogen-bond acceptors (Lipinski definition) is 4. The highest BCUT2D eigenvalue weighted by atomic mass is 16.5. The molecule has 0 aliphatic carbocycles. The fraction of sp³-hybridized carbons (Fsp3) is 0.385. The number of nitrogens with one attached hydrogen (secondary N) is 1. The molecule has 5 heteroatoms. The van der Waals surface area contributed by atoms with Crippen LogP contribution in [0, 0.1) is 11.3 Å². The summed E-state index contributed by atoms with van der Waals surface area (Å²) < 4.78 is 5.42. The highest BCUT2D eigenvalue weighted by Crippen LogP contribution is 2.25. The number of rotatable bonds is 6. The lowest BCUT2D eigenvalue weighted by atomic mass is 10.0. The van der Waals surface area contributed by atoms with E-state index >= 15 is 0 Å². The highest BCUT2D eigenvalue weighted by Gasteiger charge is 2.11. The van der Waals surface area contributed by atoms with Crippen LogP contribution in [0.1, 0.15) is 24.9 Å². The molecule has 0 bridgehead atoms. The van der Waals surface area contributed by atoms with E-state index in [9.17, 15) is 4.79 Å². The Morgan fingerprint density at radius 3 is 2.94 bits per heavy atom. The first-order valence-electron chi connectivity index (χ1n) is 5.80. The van der Waals surface area contributed by atoms with Gasteiger partial charge in [0.1, 0.15) is 12.3 Å². The molecule has 3 N–H and O–H groups in total. The maximum atomic E-state index is 11.3. The van der Waals surface area contributed by atoms with Gasteiger partial charge in [-0.1, -0.05) is 25.1 Å². The molecule has 0 spiro atoms. The Bertz CT molecular complexity index is 440. The fourth-order valence-corrected chi connectivity index (χ4v) is 1.47. The second-order valence-electron chi connectivity index (χ2n) is 3.78. The summed E-state index contributed by atoms with van der Waals surface area (Å²) in [5.41, 5.74) is 6.84. The van der Waals surface area contributed by atoms with Gasteiger partial charge in [-0.15, -0.1) is 0 Å². The highest BCUT2D eigenvalue weighted by molar-refractivity contribution is 5.77. The van der Waals surface area contributed by atoms with Crippen LogP contribution in [-0.2, 0) is 4.79 Å². The predicted molar refractivity (Wildman–Crippen MR) is 67.8 cm³/mol. The standard InChI is InChI=1S/C13H17N3O2/c1-2-11(15)10-5-3-4-6-12(10)18-9-13(17)16-8-7-14/h3-6,11H,2,8-9,15H2,1H3,(H,16,17)/t11-/m0/s1. The molecule has 0 unspecified atom stereocenters. The summed E-state index contributed by atoms with van der Waals surface area (Å²) in [6.07, 6.45) is 0.793. The first kappa shape index (κ1) is 14.0. The van der Waals surface area contributed by atoms with Gasteiger partial charge >= 0.3 is 0 Å². The minimum Gasteiger partial charge on any atom is -0.483 e. The molecule has 0 radical (unpaired) electrons. The van der Waals surface area contributed by atoms with E-state index in [0.29, 0.717) is 5.75 Å². The van der Waals surface area contributed by atoms with Crippen molar-refractivity contribution in [3.63, 3.8) is 0 Å². The number of nitrogens with two attached hydrogens (primary N) is 1. The zero-order valence-electron chi connectivity index (χ0n) is 10.3. The summed E-state index contributed by atoms with van der Waals surface area (Å²) in [5, 5.41) is 10.7. The maximum Gasteiger partial charge on any atom is 0.258 e. The Balaban J connectivity index is 2.62. The van der Waals surface area contributed by atoms with Crippen molar-refractivity contribution in [2.24, 2.45) is 5.73 Å². The lowest BCUT2D eigenvalue weighted by Gasteiger charge is -2.15. The van der Waals surface area contributed by atoms with Crippen molar-refractivity contribution in [3.8, 4) is 11.8 Å². The van der Waals surface area contributed by atoms with Gasteiger partial charge in [-0.3, -0.25) is 4.79 Å². The average Bonchev–Trinajstić information content (AvgIpc) is 2.42. The van der Waals surface area contributed by atoms with Crippen molar-refractivity contribution in [3.05, 3.63) is 29.8 Å². The van der Waals surface area contributed by atoms with Crippen LogP contribution in [0.3, 0.4) is 0 Å². The second kappa shape index (κ2) is 7.30. The Morgan fingerprint density at radius 1 is 1.56 bits per heavy atom. The molecule has 0 aliphatic heterocycles. The Kier molecular flexibility index (Phi) is 5.68. The van der Waals surface area contributed by atoms with E-state index in [2.05, 4.69) is 5.32 Å². The van der Waals surface area contributed by atoms with E-state index in [-0.39, 0.29) is 25.1 Å². The van der Waals surface area contributed by atoms with E-state index in [1.807, 2.05) is 31.2 Å². The third-order valence-electron chi connectivity index (χ3n) is 2.48. The summed E-state index contributed by atoms with van der Waals surface area (Å²) >= 11 is 0. The molecule has 18 heavy (non-hydrogen) atoms. The first-order valence-corrected chi connectivity index (χ1v) is 5.80. The molecule has 0 aromatic heterocycles. The quantitative estimate of drug-likeness (QED) is 0.737. The zero-order valence-corrected chi connectivity index (χ0v) is 10.3. The molecule has 0 fully saturated rings. The van der Waals surface area contributed by atoms with Crippen molar-refractivity contribution in [1.29, 1.82) is 5.26 Å². The lowest BCUT2D eigenvalue weighted by Crippen LogP contribution is -2.29. The first-order chi connectivity index (χ1) is 8.69. The van der Waals surface area contributed by atoms with Gasteiger partial charge in [-0.2, -0.15) is 5.26 Å². The van der Waals surface area contributed by atoms with Gasteiger partial charge in [0.25, 0.3) is 5.91 Å². The summed E-state index contributed by atoms with van der Waals surface area (Å²) in [6, 6.07) is 9.10. The molecular formula is C13H17N3O2. The number of carbonyl (C=O) groups is 1. The average molecular weight is 247 g/mol. The number of para-hydroxylation sites is 1. The van der Waals surface area contributed by atoms with Crippen LogP contribution in [0.15, 0.2) is 24.3 Å². The van der Waals surface area contributed by atoms with Crippen LogP contribution in [0.25, 0.3) is 0 Å². The van der Waals surface area contributed by atoms with Gasteiger partial charge in [0.15, 0.2) is 6.61 Å². The number of ether oxygens (including phenoxy) is 1. The van der Waals surface area contributed by atoms with Gasteiger partial charge in [-0.25, -0.2) is 0 Å². The molecule has 1 amide bonds. The van der Waals surface area contributed by atoms with Crippen LogP contribution in [0.5, 0.6) is 5.75 Å². The largest absolute Gasteiger partial charge is 0.483 e. The molecule has 0 aliphatic rings. The van der Waals surface area contributed by atoms with Crippen LogP contribution in [0.4, 0.5) is 0 Å². The molecule has 5 nitrogen and oxygen atoms in total. The van der Waals surface area contributed by atoms with Crippen LogP contribution in [-0.4, -0.2) is 19.1 Å². The van der Waals surface area contributed by atoms with Crippen molar-refractivity contribution in [2.75, 3.05) is 13.2 Å². The molecular weight excluding hydrogens is 230 g/mol. The SMILES string of the molecule is CC[C@H](N)c1ccccc1OCC(=O)NCC#N. The van der Waals surface area contributed by atoms with Crippen molar-refractivity contribution in [1.82, 2.24) is 5.32 Å². The topological polar surface area (TPSA) is 88.1 Å². The van der Waals surface area contributed by atoms with Crippen LogP contribution < -0.4 is 15.8 Å². The molecule has 0 saturated heterocycles. The van der Waals surface area contributed by atoms with Gasteiger partial charge in [0, 0.05) is 11.6 Å². The minimum absolute atomic E-state index is 0.0156. The van der Waals surface area contributed by atoms with E-state index in [0.717, 1.165) is 12.0 Å². The summed E-state index contributed by atoms with van der Waals surface area (Å²) in [4.78, 5) is 11.3. The smallest absolute Gasteiger partial charge is 0.258 e. The molecule has 0 saturated carbocycles. The van der Waals surface area contributed by atoms with Gasteiger partial charge in [-0.05, 0) is 12.5 Å². The van der Waals surface area contributed by atoms with Gasteiger partial charge < -0.3 is 15.8 Å². The van der Waals surface area contributed by atoms with E-state index in [1.54, 1.807) is 6.07 Å². The van der Waals surface area contributed by atoms with E-state index in [4.69, 9.17) is 15.7 Å². The number of carbonyl (C=O) groups excluding carboxylic acids is 1. The second-order valence-corrected chi connectivity index (χ2v) is 3.78. The zero-order chi connectivity index (χ0) is 13.4. The summed E-state index contributed by atoms with van der Waals surface area (Å²) in [6.45, 7) is 1.86. The predicted octanol–water partition coefficient (Wildman–Crippen LogP) is 1.11. The normalized spacial score (nSPS) is 11.4. The Morgan fingerprint density at radius 2 is 2.28 bits per heavy atom. The number of nitriles is 1. The maximum absolute atomic E-state index is 11.3. The fourth-order valence-electron chi connectivity index (χ4n) is 1.47. The molecule has 0 heterocycles. The monoisotopic (exact) mass is 247 g/mol. The minimum atomic E-state index is -0.323. The van der Waals surface area contributed by atoms with Gasteiger partial charge in [0.05, 0.1) is 6.07 Å². The number of hydrogen-bond donors (Lipinski definition) is 2. The third-order valence-corrected chi connectivity index (χ3v) is 2.48. The Labute approximate surface area is 107 Å². The summed E-state index contributed by atoms with van der Waals surface area (Å²) in [5.74, 6) is 0.287. The molecule has 1 aromatic rings. The summed E-state index contributed by atoms with van der Waals surface area (Å²) in [7, 11) is 0. The van der Waals surface area contributed by atoms with Gasteiger partial charge in [0.2, 0.25) is 0 Å². The molecule has 1 atom stereocenters. The Hall–Kier alpha value is -2.06. The number of nitrogens with zero attached hydrogens (tertiary/aromatic N) is 1. The molecule has 96 valence electrons. The van der Waals surface area contributed by atoms with Crippen LogP contribution in [0.2, 0.25) is 0 Å². The van der Waals surface area contributed by atoms with Crippen molar-refractivity contribution in [2.45, 2.75) is 19.4 Å². The molecule has 1 aromatic carbocycles. The van der Waals surface area contributed by atoms with E-state index in [1.165, 1.54) is 0 Å². The number of amides is 1. The van der Waals surface area contributed by atoms with Crippen molar-refractivity contribution >= 4 is 5.91 Å². The number of benzene rings is 1. The lowest BCUT2D eigenvalue weighted by molar-refractivity contribution is -0.122. The van der Waals surface area contributed by atoms with E-state index < -0.39 is 0 Å². The van der Waals surface area contributed by atoms with Crippen LogP contribution >= 0.6 is 0 Å². The third kappa shape index (κ3) is 4.07.